The number of carboxylic acid groups (broad SMARTS) is 1. The van der Waals surface area contributed by atoms with Gasteiger partial charge >= 0.3 is 5.97 Å². The van der Waals surface area contributed by atoms with Gasteiger partial charge in [0.15, 0.2) is 0 Å². The molecule has 0 bridgehead atoms. The molecule has 2 aromatic rings. The molecule has 2 rings (SSSR count). The summed E-state index contributed by atoms with van der Waals surface area (Å²) in [6, 6.07) is 13.7. The van der Waals surface area contributed by atoms with Gasteiger partial charge in [-0.15, -0.1) is 0 Å². The van der Waals surface area contributed by atoms with Gasteiger partial charge in [0, 0.05) is 0 Å². The van der Waals surface area contributed by atoms with Crippen LogP contribution in [-0.4, -0.2) is 11.1 Å². The van der Waals surface area contributed by atoms with E-state index in [-0.39, 0.29) is 11.7 Å². The molecule has 0 radical (unpaired) electrons. The second-order valence-corrected chi connectivity index (χ2v) is 5.19. The van der Waals surface area contributed by atoms with Crippen LogP contribution in [0.15, 0.2) is 48.5 Å². The molecule has 1 N–H and O–H groups in total. The zero-order valence-corrected chi connectivity index (χ0v) is 11.5. The fourth-order valence-electron chi connectivity index (χ4n) is 2.34. The van der Waals surface area contributed by atoms with E-state index in [2.05, 4.69) is 0 Å². The molecule has 0 aliphatic carbocycles. The van der Waals surface area contributed by atoms with Gasteiger partial charge in [0.25, 0.3) is 0 Å². The summed E-state index contributed by atoms with van der Waals surface area (Å²) in [4.78, 5) is 11.3. The van der Waals surface area contributed by atoms with E-state index in [0.717, 1.165) is 16.7 Å². The van der Waals surface area contributed by atoms with Gasteiger partial charge in [-0.3, -0.25) is 4.79 Å². The largest absolute Gasteiger partial charge is 0.481 e. The fourth-order valence-corrected chi connectivity index (χ4v) is 2.34. The quantitative estimate of drug-likeness (QED) is 0.900. The van der Waals surface area contributed by atoms with Gasteiger partial charge in [-0.05, 0) is 34.7 Å². The number of benzene rings is 2. The van der Waals surface area contributed by atoms with Crippen molar-refractivity contribution in [2.24, 2.45) is 5.92 Å². The Morgan fingerprint density at radius 2 is 1.40 bits per heavy atom. The van der Waals surface area contributed by atoms with Gasteiger partial charge in [0.2, 0.25) is 0 Å². The minimum Gasteiger partial charge on any atom is -0.481 e. The number of aliphatic carboxylic acids is 1. The normalized spacial score (nSPS) is 12.4. The molecule has 1 unspecified atom stereocenters. The minimum atomic E-state index is -0.811. The van der Waals surface area contributed by atoms with Gasteiger partial charge < -0.3 is 5.11 Å². The van der Waals surface area contributed by atoms with Gasteiger partial charge in [-0.2, -0.15) is 0 Å². The molecule has 0 saturated carbocycles. The van der Waals surface area contributed by atoms with Crippen LogP contribution in [-0.2, 0) is 4.79 Å². The van der Waals surface area contributed by atoms with Crippen LogP contribution in [0.3, 0.4) is 0 Å². The lowest BCUT2D eigenvalue weighted by Crippen LogP contribution is -2.17. The fraction of sp³-hybridized carbons (Fsp3) is 0.235. The van der Waals surface area contributed by atoms with Gasteiger partial charge in [0.1, 0.15) is 5.82 Å². The van der Waals surface area contributed by atoms with Crippen molar-refractivity contribution in [3.05, 3.63) is 59.9 Å². The summed E-state index contributed by atoms with van der Waals surface area (Å²) < 4.78 is 12.9. The monoisotopic (exact) mass is 272 g/mol. The highest BCUT2D eigenvalue weighted by atomic mass is 19.1. The predicted molar refractivity (Wildman–Crippen MR) is 77.1 cm³/mol. The maximum Gasteiger partial charge on any atom is 0.311 e. The number of hydrogen-bond donors (Lipinski definition) is 1. The Hall–Kier alpha value is -2.16. The molecule has 0 aromatic heterocycles. The Balaban J connectivity index is 2.30. The molecule has 20 heavy (non-hydrogen) atoms. The molecule has 0 amide bonds. The third kappa shape index (κ3) is 3.05. The van der Waals surface area contributed by atoms with Crippen molar-refractivity contribution in [1.29, 1.82) is 0 Å². The zero-order chi connectivity index (χ0) is 14.7. The van der Waals surface area contributed by atoms with E-state index in [1.807, 2.05) is 38.1 Å². The van der Waals surface area contributed by atoms with Crippen LogP contribution in [0.4, 0.5) is 4.39 Å². The Morgan fingerprint density at radius 1 is 0.950 bits per heavy atom. The van der Waals surface area contributed by atoms with Crippen LogP contribution in [0.25, 0.3) is 11.1 Å². The minimum absolute atomic E-state index is 0.0316. The van der Waals surface area contributed by atoms with Crippen LogP contribution >= 0.6 is 0 Å². The third-order valence-corrected chi connectivity index (χ3v) is 3.38. The molecule has 2 nitrogen and oxygen atoms in total. The van der Waals surface area contributed by atoms with Crippen LogP contribution in [0.2, 0.25) is 0 Å². The first kappa shape index (κ1) is 14.3. The Bertz CT molecular complexity index is 585. The molecule has 0 fully saturated rings. The second-order valence-electron chi connectivity index (χ2n) is 5.19. The lowest BCUT2D eigenvalue weighted by atomic mass is 9.88. The highest BCUT2D eigenvalue weighted by Crippen LogP contribution is 2.27. The summed E-state index contributed by atoms with van der Waals surface area (Å²) in [6.45, 7) is 3.79. The van der Waals surface area contributed by atoms with Crippen molar-refractivity contribution in [2.45, 2.75) is 19.8 Å². The number of carbonyl (C=O) groups is 1. The van der Waals surface area contributed by atoms with Crippen LogP contribution < -0.4 is 0 Å². The Morgan fingerprint density at radius 3 is 1.80 bits per heavy atom. The molecule has 0 aliphatic rings. The van der Waals surface area contributed by atoms with Crippen LogP contribution in [0.5, 0.6) is 0 Å². The van der Waals surface area contributed by atoms with Crippen molar-refractivity contribution in [3.63, 3.8) is 0 Å². The Labute approximate surface area is 117 Å². The van der Waals surface area contributed by atoms with E-state index >= 15 is 0 Å². The summed E-state index contributed by atoms with van der Waals surface area (Å²) in [7, 11) is 0. The molecular formula is C17H17FO2. The van der Waals surface area contributed by atoms with Crippen molar-refractivity contribution >= 4 is 5.97 Å². The van der Waals surface area contributed by atoms with Crippen molar-refractivity contribution in [2.75, 3.05) is 0 Å². The lowest BCUT2D eigenvalue weighted by molar-refractivity contribution is -0.139. The van der Waals surface area contributed by atoms with E-state index < -0.39 is 11.9 Å². The average Bonchev–Trinajstić information content (AvgIpc) is 2.40. The maximum absolute atomic E-state index is 12.9. The summed E-state index contributed by atoms with van der Waals surface area (Å²) in [6.07, 6.45) is 0. The maximum atomic E-state index is 12.9. The molecule has 104 valence electrons. The molecule has 0 saturated heterocycles. The highest BCUT2D eigenvalue weighted by molar-refractivity contribution is 5.77. The van der Waals surface area contributed by atoms with Gasteiger partial charge in [-0.25, -0.2) is 4.39 Å². The highest BCUT2D eigenvalue weighted by Gasteiger charge is 2.23. The average molecular weight is 272 g/mol. The second kappa shape index (κ2) is 5.87. The third-order valence-electron chi connectivity index (χ3n) is 3.38. The molecule has 2 aromatic carbocycles. The van der Waals surface area contributed by atoms with E-state index in [4.69, 9.17) is 0 Å². The van der Waals surface area contributed by atoms with E-state index in [1.54, 1.807) is 12.1 Å². The first-order chi connectivity index (χ1) is 9.49. The first-order valence-corrected chi connectivity index (χ1v) is 6.57. The number of rotatable bonds is 4. The predicted octanol–water partition coefficient (Wildman–Crippen LogP) is 4.32. The number of halogens is 1. The lowest BCUT2D eigenvalue weighted by Gasteiger charge is -2.17. The van der Waals surface area contributed by atoms with E-state index in [1.165, 1.54) is 12.1 Å². The molecule has 3 heteroatoms. The Kier molecular flexibility index (Phi) is 4.18. The van der Waals surface area contributed by atoms with Gasteiger partial charge in [0.05, 0.1) is 5.92 Å². The first-order valence-electron chi connectivity index (χ1n) is 6.57. The van der Waals surface area contributed by atoms with Crippen molar-refractivity contribution in [3.8, 4) is 11.1 Å². The molecule has 0 aliphatic heterocycles. The van der Waals surface area contributed by atoms with Gasteiger partial charge in [-0.1, -0.05) is 50.2 Å². The SMILES string of the molecule is CC(C)C(C(=O)O)c1ccc(-c2ccc(F)cc2)cc1. The molecule has 0 spiro atoms. The molecule has 1 atom stereocenters. The molecule has 0 heterocycles. The van der Waals surface area contributed by atoms with Crippen molar-refractivity contribution < 1.29 is 14.3 Å². The zero-order valence-electron chi connectivity index (χ0n) is 11.5. The molecular weight excluding hydrogens is 255 g/mol. The smallest absolute Gasteiger partial charge is 0.311 e. The van der Waals surface area contributed by atoms with Crippen LogP contribution in [0.1, 0.15) is 25.3 Å². The summed E-state index contributed by atoms with van der Waals surface area (Å²) in [5.41, 5.74) is 2.65. The standard InChI is InChI=1S/C17H17FO2/c1-11(2)16(17(19)20)14-5-3-12(4-6-14)13-7-9-15(18)10-8-13/h3-11,16H,1-2H3,(H,19,20). The van der Waals surface area contributed by atoms with Crippen molar-refractivity contribution in [1.82, 2.24) is 0 Å². The van der Waals surface area contributed by atoms with E-state index in [9.17, 15) is 14.3 Å². The topological polar surface area (TPSA) is 37.3 Å². The summed E-state index contributed by atoms with van der Waals surface area (Å²) >= 11 is 0. The van der Waals surface area contributed by atoms with Crippen LogP contribution in [0, 0.1) is 11.7 Å². The van der Waals surface area contributed by atoms with E-state index in [0.29, 0.717) is 0 Å². The number of carboxylic acids is 1. The summed E-state index contributed by atoms with van der Waals surface area (Å²) in [5, 5.41) is 9.27. The number of hydrogen-bond acceptors (Lipinski definition) is 1. The summed E-state index contributed by atoms with van der Waals surface area (Å²) in [5.74, 6) is -1.55.